The van der Waals surface area contributed by atoms with Gasteiger partial charge in [0.15, 0.2) is 5.96 Å². The Morgan fingerprint density at radius 1 is 1.23 bits per heavy atom. The third-order valence-electron chi connectivity index (χ3n) is 2.97. The van der Waals surface area contributed by atoms with Gasteiger partial charge in [0.1, 0.15) is 0 Å². The summed E-state index contributed by atoms with van der Waals surface area (Å²) in [7, 11) is -2.60. The molecule has 0 unspecified atom stereocenters. The first-order chi connectivity index (χ1) is 12.0. The Balaban J connectivity index is 2.48. The van der Waals surface area contributed by atoms with Gasteiger partial charge in [0.2, 0.25) is 10.0 Å². The smallest absolute Gasteiger partial charge is 0.356 e. The minimum absolute atomic E-state index is 0.0415. The van der Waals surface area contributed by atoms with Crippen LogP contribution in [-0.4, -0.2) is 52.2 Å². The van der Waals surface area contributed by atoms with Gasteiger partial charge in [0.25, 0.3) is 5.69 Å². The number of halogens is 3. The topological polar surface area (TPSA) is 126 Å². The third kappa shape index (κ3) is 7.65. The highest BCUT2D eigenvalue weighted by molar-refractivity contribution is 7.89. The van der Waals surface area contributed by atoms with Crippen molar-refractivity contribution in [1.82, 2.24) is 15.4 Å². The van der Waals surface area contributed by atoms with Gasteiger partial charge >= 0.3 is 6.18 Å². The Bertz CT molecular complexity index is 752. The van der Waals surface area contributed by atoms with Crippen molar-refractivity contribution in [2.75, 3.05) is 26.7 Å². The number of rotatable bonds is 8. The zero-order valence-electron chi connectivity index (χ0n) is 13.7. The van der Waals surface area contributed by atoms with Gasteiger partial charge < -0.3 is 10.6 Å². The van der Waals surface area contributed by atoms with Gasteiger partial charge in [-0.3, -0.25) is 15.1 Å². The van der Waals surface area contributed by atoms with Crippen molar-refractivity contribution in [2.45, 2.75) is 17.5 Å². The number of aliphatic imine (C=N–C) groups is 1. The van der Waals surface area contributed by atoms with Crippen LogP contribution in [0, 0.1) is 10.1 Å². The molecule has 0 spiro atoms. The highest BCUT2D eigenvalue weighted by Crippen LogP contribution is 2.18. The largest absolute Gasteiger partial charge is 0.390 e. The molecule has 1 rings (SSSR count). The quantitative estimate of drug-likeness (QED) is 0.197. The van der Waals surface area contributed by atoms with E-state index in [1.807, 2.05) is 0 Å². The number of alkyl halides is 3. The zero-order valence-corrected chi connectivity index (χ0v) is 14.5. The lowest BCUT2D eigenvalue weighted by Gasteiger charge is -2.13. The predicted octanol–water partition coefficient (Wildman–Crippen LogP) is 0.990. The van der Waals surface area contributed by atoms with Gasteiger partial charge in [-0.25, -0.2) is 13.1 Å². The standard InChI is InChI=1S/C13H18F3N5O4S/c1-17-12(18-6-5-13(14,15)16)19-7-8-20-26(24,25)11-4-2-3-10(9-11)21(22)23/h2-4,9,20H,5-8H2,1H3,(H2,17,18,19). The SMILES string of the molecule is CN=C(NCCNS(=O)(=O)c1cccc([N+](=O)[O-])c1)NCCC(F)(F)F. The molecule has 0 saturated heterocycles. The second-order valence-corrected chi connectivity index (χ2v) is 6.71. The molecule has 0 aliphatic heterocycles. The first kappa shape index (κ1) is 21.6. The van der Waals surface area contributed by atoms with Crippen LogP contribution in [0.4, 0.5) is 18.9 Å². The Morgan fingerprint density at radius 3 is 2.46 bits per heavy atom. The molecule has 0 saturated carbocycles. The van der Waals surface area contributed by atoms with E-state index in [0.29, 0.717) is 0 Å². The Morgan fingerprint density at radius 2 is 1.88 bits per heavy atom. The van der Waals surface area contributed by atoms with E-state index in [1.54, 1.807) is 0 Å². The van der Waals surface area contributed by atoms with E-state index in [2.05, 4.69) is 20.3 Å². The number of nitro benzene ring substituents is 1. The predicted molar refractivity (Wildman–Crippen MR) is 88.3 cm³/mol. The van der Waals surface area contributed by atoms with Crippen molar-refractivity contribution in [3.63, 3.8) is 0 Å². The fourth-order valence-electron chi connectivity index (χ4n) is 1.76. The van der Waals surface area contributed by atoms with Crippen molar-refractivity contribution in [3.8, 4) is 0 Å². The average molecular weight is 397 g/mol. The van der Waals surface area contributed by atoms with E-state index in [9.17, 15) is 31.7 Å². The van der Waals surface area contributed by atoms with Crippen molar-refractivity contribution in [2.24, 2.45) is 4.99 Å². The molecule has 0 amide bonds. The van der Waals surface area contributed by atoms with Crippen LogP contribution in [0.3, 0.4) is 0 Å². The molecule has 0 aromatic heterocycles. The molecule has 26 heavy (non-hydrogen) atoms. The lowest BCUT2D eigenvalue weighted by Crippen LogP contribution is -2.42. The van der Waals surface area contributed by atoms with Crippen LogP contribution in [0.25, 0.3) is 0 Å². The second-order valence-electron chi connectivity index (χ2n) is 4.94. The minimum atomic E-state index is -4.29. The summed E-state index contributed by atoms with van der Waals surface area (Å²) >= 11 is 0. The summed E-state index contributed by atoms with van der Waals surface area (Å²) in [6.45, 7) is -0.437. The summed E-state index contributed by atoms with van der Waals surface area (Å²) < 4.78 is 62.6. The van der Waals surface area contributed by atoms with Crippen LogP contribution in [0.2, 0.25) is 0 Å². The number of nitrogens with one attached hydrogen (secondary N) is 3. The number of guanidine groups is 1. The molecule has 1 aromatic carbocycles. The number of nitrogens with zero attached hydrogens (tertiary/aromatic N) is 2. The van der Waals surface area contributed by atoms with Gasteiger partial charge in [-0.1, -0.05) is 6.07 Å². The molecule has 0 radical (unpaired) electrons. The number of non-ortho nitro benzene ring substituents is 1. The van der Waals surface area contributed by atoms with E-state index in [0.717, 1.165) is 12.1 Å². The van der Waals surface area contributed by atoms with Crippen LogP contribution in [-0.2, 0) is 10.0 Å². The van der Waals surface area contributed by atoms with Crippen LogP contribution in [0.5, 0.6) is 0 Å². The van der Waals surface area contributed by atoms with Crippen LogP contribution < -0.4 is 15.4 Å². The van der Waals surface area contributed by atoms with Gasteiger partial charge in [-0.15, -0.1) is 0 Å². The lowest BCUT2D eigenvalue weighted by molar-refractivity contribution is -0.385. The van der Waals surface area contributed by atoms with E-state index in [1.165, 1.54) is 19.2 Å². The van der Waals surface area contributed by atoms with Crippen molar-refractivity contribution in [1.29, 1.82) is 0 Å². The lowest BCUT2D eigenvalue weighted by atomic mass is 10.3. The van der Waals surface area contributed by atoms with Crippen LogP contribution >= 0.6 is 0 Å². The maximum Gasteiger partial charge on any atom is 0.390 e. The maximum absolute atomic E-state index is 12.1. The summed E-state index contributed by atoms with van der Waals surface area (Å²) in [5, 5.41) is 15.8. The van der Waals surface area contributed by atoms with Crippen LogP contribution in [0.1, 0.15) is 6.42 Å². The maximum atomic E-state index is 12.1. The molecule has 0 heterocycles. The number of hydrogen-bond acceptors (Lipinski definition) is 5. The molecule has 9 nitrogen and oxygen atoms in total. The number of nitro groups is 1. The molecule has 3 N–H and O–H groups in total. The Kier molecular flexibility index (Phi) is 7.76. The number of sulfonamides is 1. The zero-order chi connectivity index (χ0) is 19.8. The number of hydrogen-bond donors (Lipinski definition) is 3. The van der Waals surface area contributed by atoms with Crippen LogP contribution in [0.15, 0.2) is 34.2 Å². The monoisotopic (exact) mass is 397 g/mol. The van der Waals surface area contributed by atoms with Crippen molar-refractivity contribution in [3.05, 3.63) is 34.4 Å². The summed E-state index contributed by atoms with van der Waals surface area (Å²) in [5.41, 5.74) is -0.361. The van der Waals surface area contributed by atoms with Gasteiger partial charge in [0.05, 0.1) is 16.2 Å². The summed E-state index contributed by atoms with van der Waals surface area (Å²) in [5.74, 6) is 0.0868. The summed E-state index contributed by atoms with van der Waals surface area (Å²) in [6, 6.07) is 4.54. The molecule has 0 aliphatic carbocycles. The highest BCUT2D eigenvalue weighted by Gasteiger charge is 2.26. The van der Waals surface area contributed by atoms with E-state index in [4.69, 9.17) is 0 Å². The first-order valence-corrected chi connectivity index (χ1v) is 8.79. The molecule has 0 bridgehead atoms. The normalized spacial score (nSPS) is 12.7. The fraction of sp³-hybridized carbons (Fsp3) is 0.462. The van der Waals surface area contributed by atoms with Gasteiger partial charge in [-0.05, 0) is 6.07 Å². The molecule has 0 aliphatic rings. The van der Waals surface area contributed by atoms with E-state index in [-0.39, 0.29) is 36.2 Å². The minimum Gasteiger partial charge on any atom is -0.356 e. The summed E-state index contributed by atoms with van der Waals surface area (Å²) in [6.07, 6.45) is -5.33. The van der Waals surface area contributed by atoms with E-state index < -0.39 is 27.5 Å². The first-order valence-electron chi connectivity index (χ1n) is 7.30. The van der Waals surface area contributed by atoms with Crippen molar-refractivity contribution >= 4 is 21.7 Å². The van der Waals surface area contributed by atoms with Crippen molar-refractivity contribution < 1.29 is 26.5 Å². The van der Waals surface area contributed by atoms with Gasteiger partial charge in [0, 0.05) is 38.8 Å². The van der Waals surface area contributed by atoms with Gasteiger partial charge in [-0.2, -0.15) is 13.2 Å². The van der Waals surface area contributed by atoms with E-state index >= 15 is 0 Å². The molecule has 13 heteroatoms. The third-order valence-corrected chi connectivity index (χ3v) is 4.43. The molecule has 0 fully saturated rings. The molecular weight excluding hydrogens is 379 g/mol. The molecule has 0 atom stereocenters. The Hall–Kier alpha value is -2.41. The molecular formula is C13H18F3N5O4S. The highest BCUT2D eigenvalue weighted by atomic mass is 32.2. The Labute approximate surface area is 147 Å². The fourth-order valence-corrected chi connectivity index (χ4v) is 2.83. The molecule has 146 valence electrons. The second kappa shape index (κ2) is 9.33. The summed E-state index contributed by atoms with van der Waals surface area (Å²) in [4.78, 5) is 13.4. The number of benzene rings is 1. The average Bonchev–Trinajstić information content (AvgIpc) is 2.56. The molecule has 1 aromatic rings.